The summed E-state index contributed by atoms with van der Waals surface area (Å²) in [4.78, 5) is 21.1. The molecule has 0 spiro atoms. The standard InChI is InChI=1S/C8H11ClO4/c1-5(10)12-6-3-2-4-7(6)13-8(9)11/h6-7H,2-4H2,1H3/t6-,7-/m1/s1. The molecule has 0 N–H and O–H groups in total. The number of hydrogen-bond donors (Lipinski definition) is 0. The molecule has 1 rings (SSSR count). The van der Waals surface area contributed by atoms with Crippen molar-refractivity contribution in [1.29, 1.82) is 0 Å². The summed E-state index contributed by atoms with van der Waals surface area (Å²) in [5.74, 6) is -0.359. The van der Waals surface area contributed by atoms with Crippen molar-refractivity contribution < 1.29 is 19.1 Å². The molecule has 0 heterocycles. The van der Waals surface area contributed by atoms with Gasteiger partial charge < -0.3 is 9.47 Å². The van der Waals surface area contributed by atoms with Crippen LogP contribution >= 0.6 is 11.6 Å². The average Bonchev–Trinajstić information content (AvgIpc) is 2.34. The van der Waals surface area contributed by atoms with Gasteiger partial charge in [0, 0.05) is 18.5 Å². The number of carbonyl (C=O) groups is 2. The minimum atomic E-state index is -0.843. The van der Waals surface area contributed by atoms with Crippen LogP contribution in [0.1, 0.15) is 26.2 Å². The van der Waals surface area contributed by atoms with E-state index in [1.165, 1.54) is 6.92 Å². The van der Waals surface area contributed by atoms with E-state index in [1.54, 1.807) is 0 Å². The first-order chi connectivity index (χ1) is 6.09. The van der Waals surface area contributed by atoms with Gasteiger partial charge in [0.2, 0.25) is 0 Å². The maximum absolute atomic E-state index is 10.6. The van der Waals surface area contributed by atoms with Crippen LogP contribution in [0, 0.1) is 0 Å². The smallest absolute Gasteiger partial charge is 0.404 e. The fraction of sp³-hybridized carbons (Fsp3) is 0.750. The molecule has 0 aliphatic heterocycles. The lowest BCUT2D eigenvalue weighted by Crippen LogP contribution is -2.28. The van der Waals surface area contributed by atoms with Gasteiger partial charge in [0.15, 0.2) is 0 Å². The van der Waals surface area contributed by atoms with E-state index in [0.29, 0.717) is 6.42 Å². The van der Waals surface area contributed by atoms with Gasteiger partial charge in [-0.1, -0.05) is 0 Å². The highest BCUT2D eigenvalue weighted by Gasteiger charge is 2.32. The molecule has 4 nitrogen and oxygen atoms in total. The molecule has 0 saturated heterocycles. The second-order valence-electron chi connectivity index (χ2n) is 2.97. The molecule has 0 radical (unpaired) electrons. The summed E-state index contributed by atoms with van der Waals surface area (Å²) in [5.41, 5.74) is -0.843. The summed E-state index contributed by atoms with van der Waals surface area (Å²) in [5, 5.41) is 0. The molecule has 1 fully saturated rings. The molecular weight excluding hydrogens is 196 g/mol. The zero-order valence-corrected chi connectivity index (χ0v) is 8.04. The Balaban J connectivity index is 2.43. The maximum Gasteiger partial charge on any atom is 0.404 e. The van der Waals surface area contributed by atoms with Crippen molar-refractivity contribution in [3.8, 4) is 0 Å². The predicted octanol–water partition coefficient (Wildman–Crippen LogP) is 1.85. The van der Waals surface area contributed by atoms with Gasteiger partial charge in [0.25, 0.3) is 0 Å². The van der Waals surface area contributed by atoms with E-state index in [9.17, 15) is 9.59 Å². The minimum absolute atomic E-state index is 0.319. The summed E-state index contributed by atoms with van der Waals surface area (Å²) >= 11 is 5.06. The van der Waals surface area contributed by atoms with Crippen LogP contribution in [0.25, 0.3) is 0 Å². The van der Waals surface area contributed by atoms with Crippen molar-refractivity contribution in [2.45, 2.75) is 38.4 Å². The number of hydrogen-bond acceptors (Lipinski definition) is 4. The molecule has 0 unspecified atom stereocenters. The molecule has 0 amide bonds. The molecule has 1 saturated carbocycles. The Kier molecular flexibility index (Phi) is 3.54. The van der Waals surface area contributed by atoms with E-state index in [1.807, 2.05) is 0 Å². The number of rotatable bonds is 2. The summed E-state index contributed by atoms with van der Waals surface area (Å²) in [6.45, 7) is 1.33. The summed E-state index contributed by atoms with van der Waals surface area (Å²) < 4.78 is 9.72. The Labute approximate surface area is 81.1 Å². The third-order valence-corrected chi connectivity index (χ3v) is 2.04. The van der Waals surface area contributed by atoms with E-state index >= 15 is 0 Å². The Morgan fingerprint density at radius 2 is 1.77 bits per heavy atom. The summed E-state index contributed by atoms with van der Waals surface area (Å²) in [6.07, 6.45) is 1.63. The fourth-order valence-electron chi connectivity index (χ4n) is 1.49. The number of halogens is 1. The van der Waals surface area contributed by atoms with Gasteiger partial charge in [0.05, 0.1) is 0 Å². The van der Waals surface area contributed by atoms with Crippen LogP contribution in [0.5, 0.6) is 0 Å². The zero-order chi connectivity index (χ0) is 9.84. The zero-order valence-electron chi connectivity index (χ0n) is 7.29. The lowest BCUT2D eigenvalue weighted by atomic mass is 10.2. The van der Waals surface area contributed by atoms with Gasteiger partial charge in [-0.25, -0.2) is 4.79 Å². The molecule has 1 aliphatic rings. The monoisotopic (exact) mass is 206 g/mol. The van der Waals surface area contributed by atoms with Crippen LogP contribution < -0.4 is 0 Å². The lowest BCUT2D eigenvalue weighted by Gasteiger charge is -2.18. The third kappa shape index (κ3) is 3.22. The first-order valence-electron chi connectivity index (χ1n) is 4.13. The predicted molar refractivity (Wildman–Crippen MR) is 45.5 cm³/mol. The van der Waals surface area contributed by atoms with Crippen LogP contribution in [0.4, 0.5) is 4.79 Å². The molecular formula is C8H11ClO4. The number of ether oxygens (including phenoxy) is 2. The summed E-state index contributed by atoms with van der Waals surface area (Å²) in [7, 11) is 0. The Morgan fingerprint density at radius 1 is 1.23 bits per heavy atom. The van der Waals surface area contributed by atoms with Crippen molar-refractivity contribution in [2.24, 2.45) is 0 Å². The highest BCUT2D eigenvalue weighted by Crippen LogP contribution is 2.25. The van der Waals surface area contributed by atoms with E-state index in [4.69, 9.17) is 21.1 Å². The molecule has 13 heavy (non-hydrogen) atoms. The Morgan fingerprint density at radius 3 is 2.23 bits per heavy atom. The molecule has 5 heteroatoms. The van der Waals surface area contributed by atoms with Gasteiger partial charge in [-0.15, -0.1) is 0 Å². The number of esters is 1. The van der Waals surface area contributed by atoms with Crippen LogP contribution in [0.3, 0.4) is 0 Å². The van der Waals surface area contributed by atoms with E-state index in [2.05, 4.69) is 0 Å². The maximum atomic E-state index is 10.6. The normalized spacial score (nSPS) is 26.9. The molecule has 0 aromatic carbocycles. The van der Waals surface area contributed by atoms with Crippen molar-refractivity contribution in [1.82, 2.24) is 0 Å². The third-order valence-electron chi connectivity index (χ3n) is 1.95. The van der Waals surface area contributed by atoms with Crippen LogP contribution in [-0.2, 0) is 14.3 Å². The van der Waals surface area contributed by atoms with Crippen molar-refractivity contribution in [3.05, 3.63) is 0 Å². The van der Waals surface area contributed by atoms with E-state index in [-0.39, 0.29) is 18.2 Å². The Bertz CT molecular complexity index is 194. The molecule has 0 aromatic rings. The second-order valence-corrected chi connectivity index (χ2v) is 3.28. The molecule has 0 aromatic heterocycles. The van der Waals surface area contributed by atoms with Gasteiger partial charge in [-0.05, 0) is 19.3 Å². The van der Waals surface area contributed by atoms with Crippen LogP contribution in [0.15, 0.2) is 0 Å². The largest absolute Gasteiger partial charge is 0.459 e. The number of carbonyl (C=O) groups excluding carboxylic acids is 2. The minimum Gasteiger partial charge on any atom is -0.459 e. The van der Waals surface area contributed by atoms with Crippen molar-refractivity contribution in [3.63, 3.8) is 0 Å². The average molecular weight is 207 g/mol. The first kappa shape index (κ1) is 10.3. The highest BCUT2D eigenvalue weighted by atomic mass is 35.5. The SMILES string of the molecule is CC(=O)O[C@@H]1CCC[C@H]1OC(=O)Cl. The van der Waals surface area contributed by atoms with Crippen molar-refractivity contribution >= 4 is 23.0 Å². The van der Waals surface area contributed by atoms with E-state index in [0.717, 1.165) is 12.8 Å². The van der Waals surface area contributed by atoms with Gasteiger partial charge in [-0.2, -0.15) is 0 Å². The van der Waals surface area contributed by atoms with Crippen LogP contribution in [-0.4, -0.2) is 23.6 Å². The molecule has 0 bridgehead atoms. The topological polar surface area (TPSA) is 52.6 Å². The van der Waals surface area contributed by atoms with Crippen LogP contribution in [0.2, 0.25) is 0 Å². The Hall–Kier alpha value is -0.770. The first-order valence-corrected chi connectivity index (χ1v) is 4.50. The quantitative estimate of drug-likeness (QED) is 0.511. The lowest BCUT2D eigenvalue weighted by molar-refractivity contribution is -0.150. The second kappa shape index (κ2) is 4.46. The molecule has 2 atom stereocenters. The fourth-order valence-corrected chi connectivity index (χ4v) is 1.61. The summed E-state index contributed by atoms with van der Waals surface area (Å²) in [6, 6.07) is 0. The molecule has 74 valence electrons. The molecule has 1 aliphatic carbocycles. The van der Waals surface area contributed by atoms with Gasteiger partial charge in [0.1, 0.15) is 12.2 Å². The van der Waals surface area contributed by atoms with Crippen molar-refractivity contribution in [2.75, 3.05) is 0 Å². The van der Waals surface area contributed by atoms with Gasteiger partial charge >= 0.3 is 11.4 Å². The highest BCUT2D eigenvalue weighted by molar-refractivity contribution is 6.61. The van der Waals surface area contributed by atoms with Gasteiger partial charge in [-0.3, -0.25) is 4.79 Å². The van der Waals surface area contributed by atoms with E-state index < -0.39 is 5.43 Å².